The van der Waals surface area contributed by atoms with Crippen molar-refractivity contribution in [1.82, 2.24) is 19.9 Å². The summed E-state index contributed by atoms with van der Waals surface area (Å²) in [7, 11) is 0. The molecule has 0 atom stereocenters. The molecule has 0 amide bonds. The smallest absolute Gasteiger partial charge is 0.119 e. The number of rotatable bonds is 4. The van der Waals surface area contributed by atoms with Gasteiger partial charge in [0, 0.05) is 68.6 Å². The molecule has 10 N–H and O–H groups in total. The van der Waals surface area contributed by atoms with Crippen LogP contribution in [0.5, 0.6) is 46.0 Å². The molecule has 0 fully saturated rings. The van der Waals surface area contributed by atoms with E-state index in [1.165, 1.54) is 72.8 Å². The summed E-state index contributed by atoms with van der Waals surface area (Å²) in [6, 6.07) is 24.1. The lowest BCUT2D eigenvalue weighted by Gasteiger charge is -2.08. The van der Waals surface area contributed by atoms with Crippen molar-refractivity contribution in [2.24, 2.45) is 0 Å². The second kappa shape index (κ2) is 12.8. The zero-order valence-corrected chi connectivity index (χ0v) is 29.0. The van der Waals surface area contributed by atoms with Crippen LogP contribution in [0.3, 0.4) is 0 Å². The minimum absolute atomic E-state index is 0.169. The molecule has 5 heterocycles. The molecule has 0 radical (unpaired) electrons. The molecule has 8 bridgehead atoms. The highest BCUT2D eigenvalue weighted by atomic mass is 16.3. The Labute approximate surface area is 316 Å². The summed E-state index contributed by atoms with van der Waals surface area (Å²) in [6.07, 6.45) is 7.04. The largest absolute Gasteiger partial charge is 0.508 e. The highest BCUT2D eigenvalue weighted by Gasteiger charge is 2.21. The van der Waals surface area contributed by atoms with E-state index in [-0.39, 0.29) is 46.0 Å². The summed E-state index contributed by atoms with van der Waals surface area (Å²) in [5, 5.41) is 84.7. The molecule has 9 rings (SSSR count). The van der Waals surface area contributed by atoms with Crippen LogP contribution >= 0.6 is 0 Å². The first-order chi connectivity index (χ1) is 26.9. The Morgan fingerprint density at radius 3 is 0.821 bits per heavy atom. The Morgan fingerprint density at radius 2 is 0.518 bits per heavy atom. The van der Waals surface area contributed by atoms with E-state index in [1.807, 2.05) is 12.1 Å². The van der Waals surface area contributed by atoms with Gasteiger partial charge in [-0.1, -0.05) is 0 Å². The number of phenolic OH excluding ortho intramolecular Hbond substituents is 8. The number of nitrogens with one attached hydrogen (secondary N) is 2. The lowest BCUT2D eigenvalue weighted by molar-refractivity contribution is 0.450. The molecule has 0 unspecified atom stereocenters. The zero-order chi connectivity index (χ0) is 38.8. The lowest BCUT2D eigenvalue weighted by Crippen LogP contribution is -1.91. The summed E-state index contributed by atoms with van der Waals surface area (Å²) >= 11 is 0. The third-order valence-electron chi connectivity index (χ3n) is 9.52. The van der Waals surface area contributed by atoms with Gasteiger partial charge in [0.2, 0.25) is 0 Å². The van der Waals surface area contributed by atoms with E-state index in [1.54, 1.807) is 36.4 Å². The Hall–Kier alpha value is -8.12. The standard InChI is InChI=1S/C44H30N4O8/c49-25-9-21(10-26(50)17-25)41-33-1-2-34(45-33)42(22-11-27(51)18-28(52)12-22)36-5-6-38(47-36)44(24-15-31(55)20-32(56)16-24)40-8-7-39(48-40)43(37-4-3-35(41)46-37)23-13-29(53)19-30(54)14-23/h1-20,45-46,49-56H. The zero-order valence-electron chi connectivity index (χ0n) is 29.0. The van der Waals surface area contributed by atoms with Gasteiger partial charge in [-0.2, -0.15) is 0 Å². The maximum absolute atomic E-state index is 10.6. The molecule has 2 aliphatic heterocycles. The van der Waals surface area contributed by atoms with Gasteiger partial charge in [0.25, 0.3) is 0 Å². The predicted molar refractivity (Wildman–Crippen MR) is 214 cm³/mol. The molecule has 0 saturated heterocycles. The monoisotopic (exact) mass is 742 g/mol. The van der Waals surface area contributed by atoms with Crippen molar-refractivity contribution in [3.63, 3.8) is 0 Å². The number of nitrogens with zero attached hydrogens (tertiary/aromatic N) is 2. The van der Waals surface area contributed by atoms with Crippen molar-refractivity contribution in [3.8, 4) is 90.5 Å². The van der Waals surface area contributed by atoms with Crippen molar-refractivity contribution in [2.75, 3.05) is 0 Å². The molecule has 12 nitrogen and oxygen atoms in total. The van der Waals surface area contributed by atoms with Crippen molar-refractivity contribution in [2.45, 2.75) is 0 Å². The first kappa shape index (κ1) is 33.7. The number of H-pyrrole nitrogens is 2. The molecule has 274 valence electrons. The van der Waals surface area contributed by atoms with E-state index >= 15 is 0 Å². The molecular weight excluding hydrogens is 713 g/mol. The number of aromatic nitrogens is 4. The fraction of sp³-hybridized carbons (Fsp3) is 0. The fourth-order valence-electron chi connectivity index (χ4n) is 7.38. The molecule has 7 aromatic rings. The highest BCUT2D eigenvalue weighted by Crippen LogP contribution is 2.42. The van der Waals surface area contributed by atoms with Crippen molar-refractivity contribution in [1.29, 1.82) is 0 Å². The maximum atomic E-state index is 10.6. The summed E-state index contributed by atoms with van der Waals surface area (Å²) < 4.78 is 0. The highest BCUT2D eigenvalue weighted by molar-refractivity contribution is 6.00. The van der Waals surface area contributed by atoms with Crippen LogP contribution in [0.4, 0.5) is 0 Å². The van der Waals surface area contributed by atoms with E-state index < -0.39 is 0 Å². The van der Waals surface area contributed by atoms with Crippen molar-refractivity contribution < 1.29 is 40.9 Å². The minimum atomic E-state index is -0.187. The SMILES string of the molecule is Oc1cc(O)cc(-c2c3nc(c(-c4cc(O)cc(O)c4)c4ccc([nH]4)c(-c4cc(O)cc(O)c4)c4ccc([nH]4)c(-c4cc(O)cc(O)c4)c4nc2C=C4)C=C3)c1. The normalized spacial score (nSPS) is 12.0. The minimum Gasteiger partial charge on any atom is -0.508 e. The number of aromatic amines is 2. The van der Waals surface area contributed by atoms with Crippen LogP contribution in [0.2, 0.25) is 0 Å². The summed E-state index contributed by atoms with van der Waals surface area (Å²) in [6.45, 7) is 0. The maximum Gasteiger partial charge on any atom is 0.119 e. The Bertz CT molecular complexity index is 2800. The van der Waals surface area contributed by atoms with Crippen molar-refractivity contribution in [3.05, 3.63) is 120 Å². The van der Waals surface area contributed by atoms with Gasteiger partial charge in [-0.3, -0.25) is 0 Å². The quantitative estimate of drug-likeness (QED) is 0.0825. The van der Waals surface area contributed by atoms with E-state index in [4.69, 9.17) is 9.97 Å². The second-order valence-electron chi connectivity index (χ2n) is 13.5. The van der Waals surface area contributed by atoms with Gasteiger partial charge in [0.1, 0.15) is 46.0 Å². The molecule has 0 aliphatic carbocycles. The van der Waals surface area contributed by atoms with Crippen LogP contribution in [-0.2, 0) is 0 Å². The number of aromatic hydroxyl groups is 8. The molecule has 4 aromatic carbocycles. The number of benzene rings is 4. The van der Waals surface area contributed by atoms with Crippen LogP contribution < -0.4 is 0 Å². The van der Waals surface area contributed by atoms with Crippen LogP contribution in [0.15, 0.2) is 97.1 Å². The molecule has 56 heavy (non-hydrogen) atoms. The van der Waals surface area contributed by atoms with Gasteiger partial charge in [0.05, 0.1) is 22.8 Å². The van der Waals surface area contributed by atoms with E-state index in [2.05, 4.69) is 9.97 Å². The Kier molecular flexibility index (Phi) is 7.69. The average molecular weight is 743 g/mol. The third-order valence-corrected chi connectivity index (χ3v) is 9.52. The molecule has 0 spiro atoms. The molecular formula is C44H30N4O8. The van der Waals surface area contributed by atoms with Crippen LogP contribution in [0.1, 0.15) is 22.8 Å². The Balaban J connectivity index is 1.50. The number of hydrogen-bond donors (Lipinski definition) is 10. The molecule has 0 saturated carbocycles. The van der Waals surface area contributed by atoms with Crippen LogP contribution in [0, 0.1) is 0 Å². The van der Waals surface area contributed by atoms with Crippen LogP contribution in [0.25, 0.3) is 90.9 Å². The summed E-state index contributed by atoms with van der Waals surface area (Å²) in [5.41, 5.74) is 7.56. The van der Waals surface area contributed by atoms with Gasteiger partial charge in [-0.05, 0) is 119 Å². The van der Waals surface area contributed by atoms with Gasteiger partial charge in [-0.15, -0.1) is 0 Å². The Morgan fingerprint density at radius 1 is 0.286 bits per heavy atom. The van der Waals surface area contributed by atoms with E-state index in [0.29, 0.717) is 89.4 Å². The first-order valence-electron chi connectivity index (χ1n) is 17.3. The molecule has 3 aromatic heterocycles. The van der Waals surface area contributed by atoms with Gasteiger partial charge < -0.3 is 50.8 Å². The second-order valence-corrected chi connectivity index (χ2v) is 13.5. The van der Waals surface area contributed by atoms with Crippen LogP contribution in [-0.4, -0.2) is 60.8 Å². The third kappa shape index (κ3) is 6.02. The average Bonchev–Trinajstić information content (AvgIpc) is 3.94. The fourth-order valence-corrected chi connectivity index (χ4v) is 7.38. The van der Waals surface area contributed by atoms with Crippen molar-refractivity contribution >= 4 is 46.4 Å². The summed E-state index contributed by atoms with van der Waals surface area (Å²) in [5.74, 6) is -1.42. The predicted octanol–water partition coefficient (Wildman–Crippen LogP) is 8.97. The molecule has 12 heteroatoms. The van der Waals surface area contributed by atoms with Gasteiger partial charge in [0.15, 0.2) is 0 Å². The molecule has 2 aliphatic rings. The topological polar surface area (TPSA) is 219 Å². The van der Waals surface area contributed by atoms with Gasteiger partial charge in [-0.25, -0.2) is 9.97 Å². The van der Waals surface area contributed by atoms with Gasteiger partial charge >= 0.3 is 0 Å². The van der Waals surface area contributed by atoms with E-state index in [9.17, 15) is 40.9 Å². The summed E-state index contributed by atoms with van der Waals surface area (Å²) in [4.78, 5) is 17.0. The number of fused-ring (bicyclic) bond motifs is 8. The lowest BCUT2D eigenvalue weighted by atomic mass is 10.0. The van der Waals surface area contributed by atoms with E-state index in [0.717, 1.165) is 0 Å². The first-order valence-corrected chi connectivity index (χ1v) is 17.3. The number of phenols is 8. The number of hydrogen-bond acceptors (Lipinski definition) is 10.